The van der Waals surface area contributed by atoms with Crippen molar-refractivity contribution in [1.29, 1.82) is 0 Å². The van der Waals surface area contributed by atoms with Gasteiger partial charge in [0.1, 0.15) is 0 Å². The number of aromatic nitrogens is 2. The molecule has 0 fully saturated rings. The molecule has 3 aromatic rings. The Morgan fingerprint density at radius 2 is 2.10 bits per heavy atom. The van der Waals surface area contributed by atoms with Crippen molar-refractivity contribution in [1.82, 2.24) is 15.3 Å². The monoisotopic (exact) mass is 279 g/mol. The van der Waals surface area contributed by atoms with Crippen LogP contribution in [0.1, 0.15) is 22.4 Å². The lowest BCUT2D eigenvalue weighted by atomic mass is 10.1. The third-order valence-electron chi connectivity index (χ3n) is 3.88. The van der Waals surface area contributed by atoms with Crippen molar-refractivity contribution in [3.8, 4) is 0 Å². The van der Waals surface area contributed by atoms with Crippen molar-refractivity contribution in [3.63, 3.8) is 0 Å². The number of nitrogens with one attached hydrogen (secondary N) is 2. The lowest BCUT2D eigenvalue weighted by Crippen LogP contribution is -2.16. The number of fused-ring (bicyclic) bond motifs is 1. The minimum atomic E-state index is 0.869. The summed E-state index contributed by atoms with van der Waals surface area (Å²) in [7, 11) is 0. The summed E-state index contributed by atoms with van der Waals surface area (Å²) in [5.74, 6) is 0. The molecule has 0 spiro atoms. The number of aryl methyl sites for hydroxylation is 2. The summed E-state index contributed by atoms with van der Waals surface area (Å²) in [4.78, 5) is 7.61. The van der Waals surface area contributed by atoms with Crippen LogP contribution in [-0.2, 0) is 13.0 Å². The Kier molecular flexibility index (Phi) is 4.02. The Labute approximate surface area is 125 Å². The first-order valence-electron chi connectivity index (χ1n) is 7.41. The van der Waals surface area contributed by atoms with Crippen LogP contribution in [0.15, 0.2) is 42.7 Å². The highest BCUT2D eigenvalue weighted by molar-refractivity contribution is 5.85. The first-order chi connectivity index (χ1) is 10.2. The second-order valence-electron chi connectivity index (χ2n) is 5.57. The molecule has 2 N–H and O–H groups in total. The maximum Gasteiger partial charge on any atom is 0.0459 e. The molecule has 0 saturated carbocycles. The molecule has 0 atom stereocenters. The third kappa shape index (κ3) is 3.14. The van der Waals surface area contributed by atoms with Crippen LogP contribution in [0.2, 0.25) is 0 Å². The standard InChI is InChI=1S/C18H21N3/c1-13-5-6-18-17(10-13)16(14(2)21-18)7-9-20-12-15-4-3-8-19-11-15/h3-6,8,10-11,20-21H,7,9,12H2,1-2H3. The minimum absolute atomic E-state index is 0.869. The van der Waals surface area contributed by atoms with E-state index in [0.29, 0.717) is 0 Å². The normalized spacial score (nSPS) is 11.1. The van der Waals surface area contributed by atoms with Crippen LogP contribution in [0.4, 0.5) is 0 Å². The molecule has 0 aliphatic rings. The minimum Gasteiger partial charge on any atom is -0.358 e. The van der Waals surface area contributed by atoms with E-state index in [1.165, 1.54) is 33.3 Å². The highest BCUT2D eigenvalue weighted by Crippen LogP contribution is 2.23. The zero-order valence-corrected chi connectivity index (χ0v) is 12.6. The van der Waals surface area contributed by atoms with Crippen molar-refractivity contribution in [2.24, 2.45) is 0 Å². The number of pyridine rings is 1. The van der Waals surface area contributed by atoms with E-state index < -0.39 is 0 Å². The Morgan fingerprint density at radius 1 is 1.19 bits per heavy atom. The third-order valence-corrected chi connectivity index (χ3v) is 3.88. The van der Waals surface area contributed by atoms with Crippen LogP contribution in [0.25, 0.3) is 10.9 Å². The van der Waals surface area contributed by atoms with Gasteiger partial charge in [0.15, 0.2) is 0 Å². The van der Waals surface area contributed by atoms with Crippen molar-refractivity contribution in [2.45, 2.75) is 26.8 Å². The molecular formula is C18H21N3. The summed E-state index contributed by atoms with van der Waals surface area (Å²) in [6, 6.07) is 10.7. The maximum atomic E-state index is 4.13. The highest BCUT2D eigenvalue weighted by atomic mass is 14.9. The molecule has 2 aromatic heterocycles. The molecule has 0 aliphatic heterocycles. The van der Waals surface area contributed by atoms with Crippen LogP contribution >= 0.6 is 0 Å². The van der Waals surface area contributed by atoms with Crippen LogP contribution in [0.3, 0.4) is 0 Å². The number of nitrogens with zero attached hydrogens (tertiary/aromatic N) is 1. The molecule has 108 valence electrons. The molecular weight excluding hydrogens is 258 g/mol. The molecule has 2 heterocycles. The van der Waals surface area contributed by atoms with Gasteiger partial charge < -0.3 is 10.3 Å². The SMILES string of the molecule is Cc1ccc2[nH]c(C)c(CCNCc3cccnc3)c2c1. The van der Waals surface area contributed by atoms with Gasteiger partial charge >= 0.3 is 0 Å². The molecule has 1 aromatic carbocycles. The summed E-state index contributed by atoms with van der Waals surface area (Å²) in [5.41, 5.74) is 6.47. The summed E-state index contributed by atoms with van der Waals surface area (Å²) in [5, 5.41) is 4.85. The van der Waals surface area contributed by atoms with Gasteiger partial charge in [0, 0.05) is 35.5 Å². The van der Waals surface area contributed by atoms with E-state index in [-0.39, 0.29) is 0 Å². The summed E-state index contributed by atoms with van der Waals surface area (Å²) in [6.07, 6.45) is 4.75. The molecule has 0 bridgehead atoms. The van der Waals surface area contributed by atoms with E-state index in [1.54, 1.807) is 6.20 Å². The number of H-pyrrole nitrogens is 1. The average Bonchev–Trinajstić information content (AvgIpc) is 2.80. The van der Waals surface area contributed by atoms with Gasteiger partial charge in [0.2, 0.25) is 0 Å². The lowest BCUT2D eigenvalue weighted by molar-refractivity contribution is 0.685. The van der Waals surface area contributed by atoms with Gasteiger partial charge in [-0.3, -0.25) is 4.98 Å². The summed E-state index contributed by atoms with van der Waals surface area (Å²) in [6.45, 7) is 6.14. The number of aromatic amines is 1. The van der Waals surface area contributed by atoms with Gasteiger partial charge in [-0.25, -0.2) is 0 Å². The van der Waals surface area contributed by atoms with E-state index in [9.17, 15) is 0 Å². The predicted octanol–water partition coefficient (Wildman–Crippen LogP) is 3.51. The van der Waals surface area contributed by atoms with Crippen LogP contribution in [-0.4, -0.2) is 16.5 Å². The van der Waals surface area contributed by atoms with Gasteiger partial charge in [-0.15, -0.1) is 0 Å². The Morgan fingerprint density at radius 3 is 2.90 bits per heavy atom. The molecule has 0 aliphatic carbocycles. The van der Waals surface area contributed by atoms with Crippen LogP contribution in [0, 0.1) is 13.8 Å². The fourth-order valence-electron chi connectivity index (χ4n) is 2.77. The van der Waals surface area contributed by atoms with Gasteiger partial charge in [-0.1, -0.05) is 17.7 Å². The maximum absolute atomic E-state index is 4.13. The van der Waals surface area contributed by atoms with E-state index in [0.717, 1.165) is 19.5 Å². The first-order valence-corrected chi connectivity index (χ1v) is 7.41. The topological polar surface area (TPSA) is 40.7 Å². The second kappa shape index (κ2) is 6.10. The number of rotatable bonds is 5. The average molecular weight is 279 g/mol. The smallest absolute Gasteiger partial charge is 0.0459 e. The number of benzene rings is 1. The molecule has 3 rings (SSSR count). The fourth-order valence-corrected chi connectivity index (χ4v) is 2.77. The van der Waals surface area contributed by atoms with Crippen molar-refractivity contribution in [3.05, 3.63) is 65.1 Å². The molecule has 0 unspecified atom stereocenters. The number of hydrogen-bond acceptors (Lipinski definition) is 2. The van der Waals surface area contributed by atoms with Gasteiger partial charge in [-0.05, 0) is 56.1 Å². The predicted molar refractivity (Wildman–Crippen MR) is 87.4 cm³/mol. The molecule has 3 heteroatoms. The molecule has 0 radical (unpaired) electrons. The van der Waals surface area contributed by atoms with E-state index in [1.807, 2.05) is 12.3 Å². The molecule has 3 nitrogen and oxygen atoms in total. The zero-order valence-electron chi connectivity index (χ0n) is 12.6. The van der Waals surface area contributed by atoms with Crippen LogP contribution in [0.5, 0.6) is 0 Å². The summed E-state index contributed by atoms with van der Waals surface area (Å²) >= 11 is 0. The zero-order chi connectivity index (χ0) is 14.7. The molecule has 21 heavy (non-hydrogen) atoms. The first kappa shape index (κ1) is 13.8. The Hall–Kier alpha value is -2.13. The molecule has 0 amide bonds. The number of hydrogen-bond donors (Lipinski definition) is 2. The second-order valence-corrected chi connectivity index (χ2v) is 5.57. The van der Waals surface area contributed by atoms with Crippen LogP contribution < -0.4 is 5.32 Å². The fraction of sp³-hybridized carbons (Fsp3) is 0.278. The largest absolute Gasteiger partial charge is 0.358 e. The van der Waals surface area contributed by atoms with Gasteiger partial charge in [0.05, 0.1) is 0 Å². The van der Waals surface area contributed by atoms with E-state index >= 15 is 0 Å². The van der Waals surface area contributed by atoms with Crippen molar-refractivity contribution in [2.75, 3.05) is 6.54 Å². The summed E-state index contributed by atoms with van der Waals surface area (Å²) < 4.78 is 0. The molecule has 0 saturated heterocycles. The van der Waals surface area contributed by atoms with E-state index in [4.69, 9.17) is 0 Å². The van der Waals surface area contributed by atoms with Gasteiger partial charge in [-0.2, -0.15) is 0 Å². The van der Waals surface area contributed by atoms with Gasteiger partial charge in [0.25, 0.3) is 0 Å². The Bertz CT molecular complexity index is 729. The lowest BCUT2D eigenvalue weighted by Gasteiger charge is -2.05. The van der Waals surface area contributed by atoms with Crippen molar-refractivity contribution >= 4 is 10.9 Å². The van der Waals surface area contributed by atoms with E-state index in [2.05, 4.69) is 53.4 Å². The quantitative estimate of drug-likeness (QED) is 0.702. The van der Waals surface area contributed by atoms with Crippen molar-refractivity contribution < 1.29 is 0 Å². The Balaban J connectivity index is 1.65. The highest BCUT2D eigenvalue weighted by Gasteiger charge is 2.08.